The number of benzene rings is 2. The van der Waals surface area contributed by atoms with Crippen molar-refractivity contribution < 1.29 is 19.2 Å². The molecule has 2 aliphatic rings. The van der Waals surface area contributed by atoms with E-state index in [1.54, 1.807) is 41.3 Å². The number of ether oxygens (including phenoxy) is 1. The van der Waals surface area contributed by atoms with Crippen molar-refractivity contribution in [3.63, 3.8) is 0 Å². The zero-order valence-electron chi connectivity index (χ0n) is 17.9. The Morgan fingerprint density at radius 3 is 2.47 bits per heavy atom. The van der Waals surface area contributed by atoms with E-state index in [2.05, 4.69) is 0 Å². The minimum Gasteiger partial charge on any atom is -0.376 e. The number of likely N-dealkylation sites (tertiary alicyclic amines) is 1. The summed E-state index contributed by atoms with van der Waals surface area (Å²) >= 11 is 0. The van der Waals surface area contributed by atoms with E-state index in [0.717, 1.165) is 38.8 Å². The summed E-state index contributed by atoms with van der Waals surface area (Å²) in [7, 11) is 0. The standard InChI is InChI=1S/C24H27N3O5/c28-23(25-12-4-5-13-25)17-26(16-20-9-6-14-32-20)21-11-10-19(15-22(21)27(30)31)24(29)18-7-2-1-3-8-18/h1-3,7-8,10-11,15,20H,4-6,9,12-14,16-17H2. The third-order valence-corrected chi connectivity index (χ3v) is 6.04. The molecule has 0 aromatic heterocycles. The smallest absolute Gasteiger partial charge is 0.293 e. The summed E-state index contributed by atoms with van der Waals surface area (Å²) in [5.74, 6) is -0.321. The Morgan fingerprint density at radius 1 is 1.06 bits per heavy atom. The fourth-order valence-corrected chi connectivity index (χ4v) is 4.35. The molecule has 8 nitrogen and oxygen atoms in total. The van der Waals surface area contributed by atoms with E-state index in [4.69, 9.17) is 4.74 Å². The Hall–Kier alpha value is -3.26. The first-order valence-corrected chi connectivity index (χ1v) is 11.1. The van der Waals surface area contributed by atoms with E-state index in [1.165, 1.54) is 6.07 Å². The van der Waals surface area contributed by atoms with Crippen LogP contribution in [0, 0.1) is 10.1 Å². The third kappa shape index (κ3) is 4.96. The second-order valence-electron chi connectivity index (χ2n) is 8.26. The van der Waals surface area contributed by atoms with Gasteiger partial charge in [0.1, 0.15) is 5.69 Å². The second-order valence-corrected chi connectivity index (χ2v) is 8.26. The highest BCUT2D eigenvalue weighted by molar-refractivity contribution is 6.09. The summed E-state index contributed by atoms with van der Waals surface area (Å²) in [6, 6.07) is 13.2. The fourth-order valence-electron chi connectivity index (χ4n) is 4.35. The minimum atomic E-state index is -0.486. The van der Waals surface area contributed by atoms with Gasteiger partial charge in [-0.2, -0.15) is 0 Å². The molecule has 1 atom stereocenters. The van der Waals surface area contributed by atoms with Gasteiger partial charge >= 0.3 is 0 Å². The van der Waals surface area contributed by atoms with E-state index in [9.17, 15) is 19.7 Å². The molecule has 0 radical (unpaired) electrons. The second kappa shape index (κ2) is 9.91. The highest BCUT2D eigenvalue weighted by Gasteiger charge is 2.29. The van der Waals surface area contributed by atoms with Crippen molar-refractivity contribution in [2.45, 2.75) is 31.8 Å². The first-order valence-electron chi connectivity index (χ1n) is 11.1. The summed E-state index contributed by atoms with van der Waals surface area (Å²) in [5.41, 5.74) is 0.867. The van der Waals surface area contributed by atoms with Gasteiger partial charge in [-0.3, -0.25) is 19.7 Å². The van der Waals surface area contributed by atoms with Crippen LogP contribution in [0.1, 0.15) is 41.6 Å². The summed E-state index contributed by atoms with van der Waals surface area (Å²) in [6.07, 6.45) is 3.67. The van der Waals surface area contributed by atoms with Gasteiger partial charge in [0.25, 0.3) is 5.69 Å². The van der Waals surface area contributed by atoms with Crippen LogP contribution in [0.15, 0.2) is 48.5 Å². The summed E-state index contributed by atoms with van der Waals surface area (Å²) in [4.78, 5) is 40.7. The van der Waals surface area contributed by atoms with Gasteiger partial charge in [-0.15, -0.1) is 0 Å². The molecule has 2 heterocycles. The molecule has 1 unspecified atom stereocenters. The Kier molecular flexibility index (Phi) is 6.80. The van der Waals surface area contributed by atoms with Gasteiger partial charge in [0.05, 0.1) is 17.6 Å². The number of nitro benzene ring substituents is 1. The molecular weight excluding hydrogens is 410 g/mol. The maximum Gasteiger partial charge on any atom is 0.293 e. The Bertz CT molecular complexity index is 982. The van der Waals surface area contributed by atoms with E-state index in [1.807, 2.05) is 11.0 Å². The summed E-state index contributed by atoms with van der Waals surface area (Å²) < 4.78 is 5.74. The third-order valence-electron chi connectivity index (χ3n) is 6.04. The molecule has 0 N–H and O–H groups in total. The number of nitro groups is 1. The number of hydrogen-bond donors (Lipinski definition) is 0. The highest BCUT2D eigenvalue weighted by Crippen LogP contribution is 2.31. The first kappa shape index (κ1) is 22.0. The molecular formula is C24H27N3O5. The fraction of sp³-hybridized carbons (Fsp3) is 0.417. The number of carbonyl (C=O) groups excluding carboxylic acids is 2. The van der Waals surface area contributed by atoms with Crippen molar-refractivity contribution in [2.24, 2.45) is 0 Å². The molecule has 0 bridgehead atoms. The number of hydrogen-bond acceptors (Lipinski definition) is 6. The van der Waals surface area contributed by atoms with Crippen molar-refractivity contribution in [2.75, 3.05) is 37.7 Å². The molecule has 2 aliphatic heterocycles. The number of carbonyl (C=O) groups is 2. The molecule has 0 saturated carbocycles. The number of rotatable bonds is 8. The predicted octanol–water partition coefficient (Wildman–Crippen LogP) is 3.43. The molecule has 2 saturated heterocycles. The van der Waals surface area contributed by atoms with Crippen LogP contribution in [0.3, 0.4) is 0 Å². The molecule has 8 heteroatoms. The van der Waals surface area contributed by atoms with Gasteiger partial charge in [0, 0.05) is 43.4 Å². The van der Waals surface area contributed by atoms with Gasteiger partial charge < -0.3 is 14.5 Å². The molecule has 2 fully saturated rings. The zero-order chi connectivity index (χ0) is 22.5. The van der Waals surface area contributed by atoms with Crippen molar-refractivity contribution in [3.8, 4) is 0 Å². The molecule has 0 spiro atoms. The minimum absolute atomic E-state index is 0.0424. The number of nitrogens with zero attached hydrogens (tertiary/aromatic N) is 3. The maximum absolute atomic E-state index is 12.9. The molecule has 168 valence electrons. The highest BCUT2D eigenvalue weighted by atomic mass is 16.6. The van der Waals surface area contributed by atoms with Crippen molar-refractivity contribution in [1.29, 1.82) is 0 Å². The van der Waals surface area contributed by atoms with Gasteiger partial charge in [0.2, 0.25) is 5.91 Å². The maximum atomic E-state index is 12.9. The lowest BCUT2D eigenvalue weighted by Gasteiger charge is -2.28. The summed E-state index contributed by atoms with van der Waals surface area (Å²) in [5, 5.41) is 12.0. The lowest BCUT2D eigenvalue weighted by atomic mass is 10.0. The van der Waals surface area contributed by atoms with Crippen molar-refractivity contribution in [1.82, 2.24) is 4.90 Å². The Morgan fingerprint density at radius 2 is 1.81 bits per heavy atom. The van der Waals surface area contributed by atoms with Gasteiger partial charge in [-0.1, -0.05) is 30.3 Å². The normalized spacial score (nSPS) is 18.0. The SMILES string of the molecule is O=C(c1ccccc1)c1ccc(N(CC(=O)N2CCCC2)CC2CCCO2)c([N+](=O)[O-])c1. The van der Waals surface area contributed by atoms with E-state index < -0.39 is 4.92 Å². The van der Waals surface area contributed by atoms with Gasteiger partial charge in [-0.25, -0.2) is 0 Å². The molecule has 4 rings (SSSR count). The van der Waals surface area contributed by atoms with Crippen LogP contribution in [0.25, 0.3) is 0 Å². The Balaban J connectivity index is 1.64. The average Bonchev–Trinajstić information content (AvgIpc) is 3.53. The van der Waals surface area contributed by atoms with Crippen LogP contribution in [0.2, 0.25) is 0 Å². The largest absolute Gasteiger partial charge is 0.376 e. The van der Waals surface area contributed by atoms with Gasteiger partial charge in [0.15, 0.2) is 5.78 Å². The van der Waals surface area contributed by atoms with E-state index in [-0.39, 0.29) is 35.6 Å². The van der Waals surface area contributed by atoms with Crippen LogP contribution in [-0.4, -0.2) is 60.4 Å². The Labute approximate surface area is 186 Å². The van der Waals surface area contributed by atoms with Crippen LogP contribution < -0.4 is 4.90 Å². The topological polar surface area (TPSA) is 93.0 Å². The molecule has 2 aromatic carbocycles. The van der Waals surface area contributed by atoms with Crippen LogP contribution in [0.5, 0.6) is 0 Å². The number of ketones is 1. The molecule has 1 amide bonds. The van der Waals surface area contributed by atoms with Crippen molar-refractivity contribution in [3.05, 3.63) is 69.8 Å². The van der Waals surface area contributed by atoms with Crippen LogP contribution >= 0.6 is 0 Å². The number of anilines is 1. The molecule has 2 aromatic rings. The average molecular weight is 437 g/mol. The van der Waals surface area contributed by atoms with Crippen LogP contribution in [0.4, 0.5) is 11.4 Å². The first-order chi connectivity index (χ1) is 15.5. The monoisotopic (exact) mass is 437 g/mol. The van der Waals surface area contributed by atoms with Crippen molar-refractivity contribution >= 4 is 23.1 Å². The predicted molar refractivity (Wildman–Crippen MR) is 120 cm³/mol. The number of amides is 1. The quantitative estimate of drug-likeness (QED) is 0.357. The lowest BCUT2D eigenvalue weighted by Crippen LogP contribution is -2.42. The van der Waals surface area contributed by atoms with E-state index in [0.29, 0.717) is 24.4 Å². The van der Waals surface area contributed by atoms with E-state index >= 15 is 0 Å². The zero-order valence-corrected chi connectivity index (χ0v) is 17.9. The molecule has 32 heavy (non-hydrogen) atoms. The van der Waals surface area contributed by atoms with Crippen LogP contribution in [-0.2, 0) is 9.53 Å². The lowest BCUT2D eigenvalue weighted by molar-refractivity contribution is -0.384. The van der Waals surface area contributed by atoms with Gasteiger partial charge in [-0.05, 0) is 37.8 Å². The molecule has 0 aliphatic carbocycles. The summed E-state index contributed by atoms with van der Waals surface area (Å²) in [6.45, 7) is 2.54.